The molecule has 4 nitrogen and oxygen atoms in total. The highest BCUT2D eigenvalue weighted by atomic mass is 35.5. The first-order valence-electron chi connectivity index (χ1n) is 9.58. The Kier molecular flexibility index (Phi) is 6.67. The van der Waals surface area contributed by atoms with Crippen molar-refractivity contribution in [1.29, 1.82) is 0 Å². The van der Waals surface area contributed by atoms with Crippen LogP contribution in [0.5, 0.6) is 0 Å². The molecule has 3 rings (SSSR count). The summed E-state index contributed by atoms with van der Waals surface area (Å²) in [6, 6.07) is 6.67. The van der Waals surface area contributed by atoms with Crippen LogP contribution in [-0.4, -0.2) is 23.7 Å². The van der Waals surface area contributed by atoms with E-state index in [9.17, 15) is 36.2 Å². The molecule has 2 aromatic rings. The first-order chi connectivity index (χ1) is 14.8. The smallest absolute Gasteiger partial charge is 0.381 e. The lowest BCUT2D eigenvalue weighted by molar-refractivity contribution is -0.260. The SMILES string of the molecule is O=C(NCc1ccc(NC[C@@](O)(c2cccc(C(F)(F)F)c2)C(F)(F)F)cc1Cl)C1CC1. The lowest BCUT2D eigenvalue weighted by Gasteiger charge is -2.32. The predicted molar refractivity (Wildman–Crippen MR) is 106 cm³/mol. The minimum atomic E-state index is -5.26. The molecule has 3 N–H and O–H groups in total. The number of alkyl halides is 6. The van der Waals surface area contributed by atoms with Gasteiger partial charge in [0.05, 0.1) is 12.1 Å². The van der Waals surface area contributed by atoms with E-state index in [0.29, 0.717) is 11.6 Å². The normalized spacial score (nSPS) is 16.4. The molecular formula is C21H19ClF6N2O2. The van der Waals surface area contributed by atoms with Gasteiger partial charge in [-0.3, -0.25) is 4.79 Å². The van der Waals surface area contributed by atoms with Gasteiger partial charge in [-0.2, -0.15) is 26.3 Å². The number of halogens is 7. The van der Waals surface area contributed by atoms with Crippen LogP contribution >= 0.6 is 11.6 Å². The third-order valence-electron chi connectivity index (χ3n) is 5.14. The number of anilines is 1. The van der Waals surface area contributed by atoms with E-state index in [4.69, 9.17) is 11.6 Å². The van der Waals surface area contributed by atoms with Crippen molar-refractivity contribution in [2.24, 2.45) is 5.92 Å². The molecule has 0 unspecified atom stereocenters. The third kappa shape index (κ3) is 5.47. The van der Waals surface area contributed by atoms with Crippen LogP contribution in [0, 0.1) is 5.92 Å². The second-order valence-corrected chi connectivity index (χ2v) is 8.00. The second-order valence-electron chi connectivity index (χ2n) is 7.59. The largest absolute Gasteiger partial charge is 0.423 e. The Morgan fingerprint density at radius 3 is 2.25 bits per heavy atom. The van der Waals surface area contributed by atoms with Crippen LogP contribution < -0.4 is 10.6 Å². The van der Waals surface area contributed by atoms with E-state index < -0.39 is 35.6 Å². The van der Waals surface area contributed by atoms with Gasteiger partial charge in [-0.1, -0.05) is 29.8 Å². The molecule has 1 fully saturated rings. The van der Waals surface area contributed by atoms with Gasteiger partial charge in [-0.15, -0.1) is 0 Å². The zero-order valence-electron chi connectivity index (χ0n) is 16.4. The summed E-state index contributed by atoms with van der Waals surface area (Å²) in [5.74, 6) is -0.0924. The fourth-order valence-corrected chi connectivity index (χ4v) is 3.27. The highest BCUT2D eigenvalue weighted by Gasteiger charge is 2.55. The van der Waals surface area contributed by atoms with E-state index in [2.05, 4.69) is 10.6 Å². The van der Waals surface area contributed by atoms with Crippen LogP contribution in [0.3, 0.4) is 0 Å². The molecule has 0 bridgehead atoms. The number of benzene rings is 2. The number of carbonyl (C=O) groups is 1. The van der Waals surface area contributed by atoms with Gasteiger partial charge in [0, 0.05) is 23.2 Å². The lowest BCUT2D eigenvalue weighted by Crippen LogP contribution is -2.48. The Morgan fingerprint density at radius 1 is 1.03 bits per heavy atom. The Balaban J connectivity index is 1.76. The number of nitrogens with one attached hydrogen (secondary N) is 2. The second kappa shape index (κ2) is 8.82. The molecule has 32 heavy (non-hydrogen) atoms. The monoisotopic (exact) mass is 480 g/mol. The number of rotatable bonds is 7. The first kappa shape index (κ1) is 24.2. The summed E-state index contributed by atoms with van der Waals surface area (Å²) in [5, 5.41) is 15.6. The zero-order chi connectivity index (χ0) is 23.7. The van der Waals surface area contributed by atoms with E-state index in [0.717, 1.165) is 25.0 Å². The average molecular weight is 481 g/mol. The first-order valence-corrected chi connectivity index (χ1v) is 9.96. The topological polar surface area (TPSA) is 61.4 Å². The minimum absolute atomic E-state index is 0.00519. The van der Waals surface area contributed by atoms with Crippen molar-refractivity contribution >= 4 is 23.2 Å². The van der Waals surface area contributed by atoms with Gasteiger partial charge in [0.15, 0.2) is 0 Å². The van der Waals surface area contributed by atoms with E-state index in [-0.39, 0.29) is 35.1 Å². The molecule has 1 amide bonds. The summed E-state index contributed by atoms with van der Waals surface area (Å²) in [4.78, 5) is 11.7. The van der Waals surface area contributed by atoms with Gasteiger partial charge in [-0.05, 0) is 48.2 Å². The lowest BCUT2D eigenvalue weighted by atomic mass is 9.91. The maximum Gasteiger partial charge on any atom is 0.423 e. The maximum atomic E-state index is 13.7. The highest BCUT2D eigenvalue weighted by molar-refractivity contribution is 6.31. The molecular weight excluding hydrogens is 462 g/mol. The zero-order valence-corrected chi connectivity index (χ0v) is 17.2. The van der Waals surface area contributed by atoms with Gasteiger partial charge in [0.2, 0.25) is 11.5 Å². The van der Waals surface area contributed by atoms with Gasteiger partial charge in [0.25, 0.3) is 0 Å². The number of carbonyl (C=O) groups excluding carboxylic acids is 1. The Labute approximate surface area is 184 Å². The number of aliphatic hydroxyl groups is 1. The summed E-state index contributed by atoms with van der Waals surface area (Å²) < 4.78 is 79.8. The Bertz CT molecular complexity index is 991. The van der Waals surface area contributed by atoms with Crippen molar-refractivity contribution in [2.75, 3.05) is 11.9 Å². The highest BCUT2D eigenvalue weighted by Crippen LogP contribution is 2.41. The van der Waals surface area contributed by atoms with E-state index in [1.54, 1.807) is 0 Å². The minimum Gasteiger partial charge on any atom is -0.381 e. The van der Waals surface area contributed by atoms with Crippen molar-refractivity contribution in [3.05, 3.63) is 64.2 Å². The standard InChI is InChI=1S/C21H19ClF6N2O2/c22-17-9-16(7-6-13(17)10-29-18(31)12-4-5-12)30-11-19(32,21(26,27)28)14-2-1-3-15(8-14)20(23,24)25/h1-3,6-9,12,30,32H,4-5,10-11H2,(H,29,31)/t19-/m1/s1. The molecule has 0 spiro atoms. The van der Waals surface area contributed by atoms with Gasteiger partial charge < -0.3 is 15.7 Å². The van der Waals surface area contributed by atoms with E-state index in [1.165, 1.54) is 18.2 Å². The van der Waals surface area contributed by atoms with Crippen LogP contribution in [0.15, 0.2) is 42.5 Å². The number of hydrogen-bond acceptors (Lipinski definition) is 3. The molecule has 1 saturated carbocycles. The molecule has 0 heterocycles. The fourth-order valence-electron chi connectivity index (χ4n) is 3.02. The summed E-state index contributed by atoms with van der Waals surface area (Å²) in [6.07, 6.45) is -8.47. The molecule has 1 aliphatic rings. The molecule has 0 radical (unpaired) electrons. The molecule has 174 valence electrons. The maximum absolute atomic E-state index is 13.7. The van der Waals surface area contributed by atoms with Crippen LogP contribution in [0.4, 0.5) is 32.0 Å². The average Bonchev–Trinajstić information content (AvgIpc) is 3.55. The van der Waals surface area contributed by atoms with Crippen molar-refractivity contribution in [2.45, 2.75) is 37.3 Å². The summed E-state index contributed by atoms with van der Waals surface area (Å²) in [5.41, 5.74) is -5.19. The predicted octanol–water partition coefficient (Wildman–Crippen LogP) is 5.25. The third-order valence-corrected chi connectivity index (χ3v) is 5.49. The Morgan fingerprint density at radius 2 is 1.69 bits per heavy atom. The molecule has 0 aliphatic heterocycles. The fraction of sp³-hybridized carbons (Fsp3) is 0.381. The molecule has 11 heteroatoms. The van der Waals surface area contributed by atoms with E-state index >= 15 is 0 Å². The molecule has 2 aromatic carbocycles. The molecule has 0 aromatic heterocycles. The van der Waals surface area contributed by atoms with Crippen molar-refractivity contribution < 1.29 is 36.2 Å². The molecule has 1 aliphatic carbocycles. The number of hydrogen-bond donors (Lipinski definition) is 3. The Hall–Kier alpha value is -2.46. The summed E-state index contributed by atoms with van der Waals surface area (Å²) >= 11 is 6.13. The summed E-state index contributed by atoms with van der Waals surface area (Å²) in [7, 11) is 0. The van der Waals surface area contributed by atoms with E-state index in [1.807, 2.05) is 0 Å². The molecule has 1 atom stereocenters. The van der Waals surface area contributed by atoms with Crippen molar-refractivity contribution in [1.82, 2.24) is 5.32 Å². The number of amides is 1. The van der Waals surface area contributed by atoms with Crippen LogP contribution in [-0.2, 0) is 23.1 Å². The van der Waals surface area contributed by atoms with Gasteiger partial charge in [-0.25, -0.2) is 0 Å². The quantitative estimate of drug-likeness (QED) is 0.475. The van der Waals surface area contributed by atoms with Gasteiger partial charge in [0.1, 0.15) is 0 Å². The molecule has 0 saturated heterocycles. The van der Waals surface area contributed by atoms with Crippen LogP contribution in [0.25, 0.3) is 0 Å². The van der Waals surface area contributed by atoms with Crippen molar-refractivity contribution in [3.8, 4) is 0 Å². The van der Waals surface area contributed by atoms with Crippen molar-refractivity contribution in [3.63, 3.8) is 0 Å². The van der Waals surface area contributed by atoms with Crippen LogP contribution in [0.2, 0.25) is 5.02 Å². The summed E-state index contributed by atoms with van der Waals surface area (Å²) in [6.45, 7) is -1.00. The van der Waals surface area contributed by atoms with Gasteiger partial charge >= 0.3 is 12.4 Å². The van der Waals surface area contributed by atoms with Crippen LogP contribution in [0.1, 0.15) is 29.5 Å².